The Morgan fingerprint density at radius 3 is 2.03 bits per heavy atom. The summed E-state index contributed by atoms with van der Waals surface area (Å²) in [6, 6.07) is 17.0. The molecule has 0 saturated carbocycles. The van der Waals surface area contributed by atoms with Crippen LogP contribution in [0.1, 0.15) is 76.6 Å². The quantitative estimate of drug-likeness (QED) is 0.226. The van der Waals surface area contributed by atoms with Crippen LogP contribution in [-0.4, -0.2) is 33.2 Å². The molecule has 1 aromatic heterocycles. The summed E-state index contributed by atoms with van der Waals surface area (Å²) in [4.78, 5) is 43.9. The monoisotopic (exact) mass is 488 g/mol. The van der Waals surface area contributed by atoms with Gasteiger partial charge in [0.1, 0.15) is 11.9 Å². The third-order valence-corrected chi connectivity index (χ3v) is 6.35. The number of esters is 1. The molecule has 0 aliphatic carbocycles. The SMILES string of the molecule is CC(C)(C)OC(=O)[C@H](CC(=O)c1nccn1-c1ccccc1)[C@](C)(C=O)c1ccc(C(C)(C)C)cc1. The number of para-hydroxylation sites is 1. The standard InChI is InChI=1S/C30H36N2O4/c1-28(2,3)21-13-15-22(16-14-21)30(7,20-33)24(27(35)36-29(4,5)6)19-25(34)26-31-17-18-32(26)23-11-9-8-10-12-23/h8-18,20,24H,19H2,1-7H3/t24-,30+/m0/s1. The first-order valence-corrected chi connectivity index (χ1v) is 12.2. The molecule has 36 heavy (non-hydrogen) atoms. The van der Waals surface area contributed by atoms with Gasteiger partial charge in [-0.2, -0.15) is 0 Å². The molecule has 0 saturated heterocycles. The molecule has 0 aliphatic rings. The van der Waals surface area contributed by atoms with Gasteiger partial charge in [0, 0.05) is 24.5 Å². The lowest BCUT2D eigenvalue weighted by atomic mass is 9.70. The molecule has 0 aliphatic heterocycles. The van der Waals surface area contributed by atoms with Gasteiger partial charge < -0.3 is 9.53 Å². The molecule has 0 unspecified atom stereocenters. The van der Waals surface area contributed by atoms with Gasteiger partial charge in [-0.1, -0.05) is 63.2 Å². The van der Waals surface area contributed by atoms with Gasteiger partial charge in [0.2, 0.25) is 0 Å². The minimum atomic E-state index is -1.28. The van der Waals surface area contributed by atoms with Crippen molar-refractivity contribution in [2.24, 2.45) is 5.92 Å². The first-order chi connectivity index (χ1) is 16.8. The number of aldehydes is 1. The van der Waals surface area contributed by atoms with E-state index in [9.17, 15) is 14.4 Å². The average Bonchev–Trinajstić information content (AvgIpc) is 3.31. The summed E-state index contributed by atoms with van der Waals surface area (Å²) >= 11 is 0. The van der Waals surface area contributed by atoms with E-state index < -0.39 is 22.9 Å². The number of imidazole rings is 1. The first kappa shape index (κ1) is 27.1. The molecule has 0 N–H and O–H groups in total. The second-order valence-electron chi connectivity index (χ2n) is 11.4. The molecule has 0 spiro atoms. The van der Waals surface area contributed by atoms with Crippen molar-refractivity contribution < 1.29 is 19.1 Å². The Morgan fingerprint density at radius 1 is 0.917 bits per heavy atom. The van der Waals surface area contributed by atoms with Gasteiger partial charge >= 0.3 is 5.97 Å². The smallest absolute Gasteiger partial charge is 0.311 e. The second-order valence-corrected chi connectivity index (χ2v) is 11.4. The minimum absolute atomic E-state index is 0.0643. The third kappa shape index (κ3) is 5.99. The predicted molar refractivity (Wildman–Crippen MR) is 140 cm³/mol. The number of hydrogen-bond acceptors (Lipinski definition) is 5. The number of hydrogen-bond donors (Lipinski definition) is 0. The number of carbonyl (C=O) groups excluding carboxylic acids is 3. The van der Waals surface area contributed by atoms with Crippen LogP contribution in [-0.2, 0) is 25.2 Å². The normalized spacial score (nSPS) is 14.5. The maximum absolute atomic E-state index is 13.6. The summed E-state index contributed by atoms with van der Waals surface area (Å²) in [5, 5.41) is 0. The highest BCUT2D eigenvalue weighted by atomic mass is 16.6. The molecule has 0 fully saturated rings. The average molecular weight is 489 g/mol. The van der Waals surface area contributed by atoms with E-state index in [-0.39, 0.29) is 23.4 Å². The van der Waals surface area contributed by atoms with E-state index in [1.807, 2.05) is 54.6 Å². The lowest BCUT2D eigenvalue weighted by molar-refractivity contribution is -0.163. The molecule has 6 heteroatoms. The van der Waals surface area contributed by atoms with E-state index in [0.29, 0.717) is 5.56 Å². The van der Waals surface area contributed by atoms with E-state index in [2.05, 4.69) is 25.8 Å². The highest BCUT2D eigenvalue weighted by molar-refractivity contribution is 5.97. The van der Waals surface area contributed by atoms with Crippen LogP contribution in [0.4, 0.5) is 0 Å². The lowest BCUT2D eigenvalue weighted by Gasteiger charge is -2.34. The van der Waals surface area contributed by atoms with Gasteiger partial charge in [-0.25, -0.2) is 4.98 Å². The van der Waals surface area contributed by atoms with Crippen LogP contribution in [0.5, 0.6) is 0 Å². The van der Waals surface area contributed by atoms with Crippen molar-refractivity contribution in [3.05, 3.63) is 83.9 Å². The zero-order valence-electron chi connectivity index (χ0n) is 22.2. The zero-order chi connectivity index (χ0) is 26.7. The summed E-state index contributed by atoms with van der Waals surface area (Å²) in [5.74, 6) is -1.78. The molecule has 2 aromatic carbocycles. The second kappa shape index (κ2) is 10.2. The van der Waals surface area contributed by atoms with Crippen molar-refractivity contribution in [1.82, 2.24) is 9.55 Å². The van der Waals surface area contributed by atoms with Crippen LogP contribution in [0.2, 0.25) is 0 Å². The van der Waals surface area contributed by atoms with E-state index in [1.165, 1.54) is 0 Å². The molecule has 6 nitrogen and oxygen atoms in total. The Hall–Kier alpha value is -3.54. The summed E-state index contributed by atoms with van der Waals surface area (Å²) in [6.45, 7) is 13.3. The van der Waals surface area contributed by atoms with Crippen LogP contribution in [0.25, 0.3) is 5.69 Å². The number of carbonyl (C=O) groups is 3. The van der Waals surface area contributed by atoms with Crippen molar-refractivity contribution in [2.75, 3.05) is 0 Å². The van der Waals surface area contributed by atoms with Gasteiger partial charge in [-0.3, -0.25) is 14.2 Å². The van der Waals surface area contributed by atoms with Gasteiger partial charge in [0.25, 0.3) is 0 Å². The topological polar surface area (TPSA) is 78.3 Å². The Morgan fingerprint density at radius 2 is 1.50 bits per heavy atom. The predicted octanol–water partition coefficient (Wildman–Crippen LogP) is 5.86. The summed E-state index contributed by atoms with van der Waals surface area (Å²) < 4.78 is 7.39. The molecule has 0 bridgehead atoms. The van der Waals surface area contributed by atoms with Crippen molar-refractivity contribution >= 4 is 18.0 Å². The van der Waals surface area contributed by atoms with Crippen molar-refractivity contribution in [3.8, 4) is 5.69 Å². The lowest BCUT2D eigenvalue weighted by Crippen LogP contribution is -2.43. The Labute approximate surface area is 213 Å². The Kier molecular flexibility index (Phi) is 7.68. The molecule has 1 heterocycles. The maximum atomic E-state index is 13.6. The molecule has 190 valence electrons. The van der Waals surface area contributed by atoms with Crippen molar-refractivity contribution in [2.45, 2.75) is 71.3 Å². The van der Waals surface area contributed by atoms with Crippen LogP contribution >= 0.6 is 0 Å². The van der Waals surface area contributed by atoms with Gasteiger partial charge in [-0.05, 0) is 56.4 Å². The molecule has 0 radical (unpaired) electrons. The van der Waals surface area contributed by atoms with Crippen LogP contribution in [0.3, 0.4) is 0 Å². The number of ketones is 1. The fourth-order valence-corrected chi connectivity index (χ4v) is 4.18. The molecule has 0 amide bonds. The molecule has 2 atom stereocenters. The Balaban J connectivity index is 2.03. The van der Waals surface area contributed by atoms with Crippen LogP contribution in [0, 0.1) is 5.92 Å². The van der Waals surface area contributed by atoms with E-state index in [0.717, 1.165) is 17.5 Å². The summed E-state index contributed by atoms with van der Waals surface area (Å²) in [5.41, 5.74) is 0.419. The Bertz CT molecular complexity index is 1210. The molecular formula is C30H36N2O4. The molecule has 3 rings (SSSR count). The highest BCUT2D eigenvalue weighted by Gasteiger charge is 2.44. The fourth-order valence-electron chi connectivity index (χ4n) is 4.18. The molecule has 3 aromatic rings. The van der Waals surface area contributed by atoms with Crippen molar-refractivity contribution in [3.63, 3.8) is 0 Å². The third-order valence-electron chi connectivity index (χ3n) is 6.35. The van der Waals surface area contributed by atoms with Crippen LogP contribution < -0.4 is 0 Å². The molecular weight excluding hydrogens is 452 g/mol. The number of aromatic nitrogens is 2. The maximum Gasteiger partial charge on any atom is 0.311 e. The number of nitrogens with zero attached hydrogens (tertiary/aromatic N) is 2. The minimum Gasteiger partial charge on any atom is -0.460 e. The largest absolute Gasteiger partial charge is 0.460 e. The number of rotatable bonds is 8. The summed E-state index contributed by atoms with van der Waals surface area (Å²) in [7, 11) is 0. The van der Waals surface area contributed by atoms with Crippen molar-refractivity contribution in [1.29, 1.82) is 0 Å². The number of Topliss-reactive ketones (excluding diaryl/α,β-unsaturated/α-hetero) is 1. The number of benzene rings is 2. The highest BCUT2D eigenvalue weighted by Crippen LogP contribution is 2.36. The van der Waals surface area contributed by atoms with Gasteiger partial charge in [-0.15, -0.1) is 0 Å². The zero-order valence-corrected chi connectivity index (χ0v) is 22.2. The van der Waals surface area contributed by atoms with Gasteiger partial charge in [0.05, 0.1) is 11.3 Å². The number of ether oxygens (including phenoxy) is 1. The fraction of sp³-hybridized carbons (Fsp3) is 0.400. The van der Waals surface area contributed by atoms with E-state index in [4.69, 9.17) is 4.74 Å². The van der Waals surface area contributed by atoms with Crippen LogP contribution in [0.15, 0.2) is 67.0 Å². The van der Waals surface area contributed by atoms with Gasteiger partial charge in [0.15, 0.2) is 11.6 Å². The summed E-state index contributed by atoms with van der Waals surface area (Å²) in [6.07, 6.45) is 3.78. The van der Waals surface area contributed by atoms with E-state index >= 15 is 0 Å². The van der Waals surface area contributed by atoms with E-state index in [1.54, 1.807) is 44.7 Å². The first-order valence-electron chi connectivity index (χ1n) is 12.2.